The predicted molar refractivity (Wildman–Crippen MR) is 297 cm³/mol. The second-order valence-corrected chi connectivity index (χ2v) is 23.2. The molecule has 38 nitrogen and oxygen atoms in total. The van der Waals surface area contributed by atoms with Crippen molar-refractivity contribution < 1.29 is 168 Å². The van der Waals surface area contributed by atoms with E-state index in [9.17, 15) is 111 Å². The number of benzene rings is 1. The molecule has 0 radical (unpaired) electrons. The van der Waals surface area contributed by atoms with Crippen molar-refractivity contribution in [1.29, 1.82) is 0 Å². The summed E-state index contributed by atoms with van der Waals surface area (Å²) in [5.74, 6) is -1.53. The van der Waals surface area contributed by atoms with Crippen LogP contribution in [-0.2, 0) is 71.2 Å². The number of nitrogens with one attached hydrogen (secondary N) is 2. The summed E-state index contributed by atoms with van der Waals surface area (Å²) in [6.07, 6.45) is -52.1. The maximum Gasteiger partial charge on any atom is 0.311 e. The van der Waals surface area contributed by atoms with Gasteiger partial charge in [0.05, 0.1) is 44.1 Å². The molecule has 1 aromatic carbocycles. The van der Waals surface area contributed by atoms with Crippen molar-refractivity contribution in [3.05, 3.63) is 34.4 Å². The van der Waals surface area contributed by atoms with Gasteiger partial charge >= 0.3 is 5.97 Å². The van der Waals surface area contributed by atoms with Crippen molar-refractivity contribution in [1.82, 2.24) is 10.6 Å². The smallest absolute Gasteiger partial charge is 0.311 e. The maximum absolute atomic E-state index is 12.9. The Labute approximate surface area is 529 Å². The topological polar surface area (TPSA) is 582 Å². The summed E-state index contributed by atoms with van der Waals surface area (Å²) in [4.78, 5) is 47.5. The number of aliphatic hydroxyl groups is 17. The number of hydrogen-bond donors (Lipinski definition) is 19. The molecule has 1 aromatic rings. The lowest BCUT2D eigenvalue weighted by atomic mass is 9.94. The lowest BCUT2D eigenvalue weighted by Crippen LogP contribution is -2.70. The molecule has 6 aliphatic rings. The number of ether oxygens (including phenoxy) is 13. The van der Waals surface area contributed by atoms with Crippen molar-refractivity contribution in [3.63, 3.8) is 0 Å². The number of nitrogens with zero attached hydrogens (tertiary/aromatic N) is 1. The van der Waals surface area contributed by atoms with Gasteiger partial charge in [0.25, 0.3) is 5.69 Å². The molecule has 0 saturated carbocycles. The fourth-order valence-electron chi connectivity index (χ4n) is 11.3. The van der Waals surface area contributed by atoms with E-state index in [0.29, 0.717) is 38.6 Å². The van der Waals surface area contributed by atoms with E-state index in [1.165, 1.54) is 31.2 Å². The highest BCUT2D eigenvalue weighted by Gasteiger charge is 2.58. The number of unbranched alkanes of at least 4 members (excludes halogenated alkanes) is 3. The number of carbonyl (C=O) groups excluding carboxylic acids is 3. The largest absolute Gasteiger partial charge is 0.427 e. The number of hydrogen-bond acceptors (Lipinski definition) is 35. The van der Waals surface area contributed by atoms with Gasteiger partial charge in [-0.25, -0.2) is 0 Å². The maximum atomic E-state index is 12.9. The first kappa shape index (κ1) is 76.2. The molecule has 93 heavy (non-hydrogen) atoms. The minimum atomic E-state index is -2.25. The quantitative estimate of drug-likeness (QED) is 0.0112. The normalized spacial score (nSPS) is 41.5. The first-order chi connectivity index (χ1) is 44.3. The Hall–Kier alpha value is -4.13. The second kappa shape index (κ2) is 35.4. The monoisotopic (exact) mass is 1350 g/mol. The van der Waals surface area contributed by atoms with Crippen LogP contribution >= 0.6 is 0 Å². The molecule has 6 aliphatic heterocycles. The first-order valence-corrected chi connectivity index (χ1v) is 30.3. The molecular weight excluding hydrogens is 1260 g/mol. The summed E-state index contributed by atoms with van der Waals surface area (Å²) in [6.45, 7) is -2.36. The van der Waals surface area contributed by atoms with E-state index in [0.717, 1.165) is 6.92 Å². The van der Waals surface area contributed by atoms with Crippen LogP contribution in [0.3, 0.4) is 0 Å². The number of nitro groups is 1. The second-order valence-electron chi connectivity index (χ2n) is 23.2. The van der Waals surface area contributed by atoms with E-state index in [4.69, 9.17) is 61.6 Å². The average molecular weight is 1350 g/mol. The lowest BCUT2D eigenvalue weighted by molar-refractivity contribution is -0.393. The van der Waals surface area contributed by atoms with Crippen LogP contribution in [0.1, 0.15) is 58.8 Å². The Morgan fingerprint density at radius 2 is 0.935 bits per heavy atom. The summed E-state index contributed by atoms with van der Waals surface area (Å²) in [5, 5.41) is 202. The van der Waals surface area contributed by atoms with Gasteiger partial charge in [-0.1, -0.05) is 0 Å². The third-order valence-electron chi connectivity index (χ3n) is 16.5. The van der Waals surface area contributed by atoms with Crippen molar-refractivity contribution in [2.75, 3.05) is 46.2 Å². The number of non-ortho nitro benzene ring substituents is 1. The Kier molecular flexibility index (Phi) is 29.0. The molecule has 0 aromatic heterocycles. The van der Waals surface area contributed by atoms with Crippen LogP contribution in [0.2, 0.25) is 0 Å². The van der Waals surface area contributed by atoms with Gasteiger partial charge in [-0.2, -0.15) is 0 Å². The Bertz CT molecular complexity index is 2480. The zero-order chi connectivity index (χ0) is 68.1. The fourth-order valence-corrected chi connectivity index (χ4v) is 11.3. The van der Waals surface area contributed by atoms with E-state index in [1.807, 2.05) is 0 Å². The van der Waals surface area contributed by atoms with Crippen LogP contribution in [0, 0.1) is 10.1 Å². The zero-order valence-corrected chi connectivity index (χ0v) is 50.4. The molecule has 7 rings (SSSR count). The van der Waals surface area contributed by atoms with E-state index in [-0.39, 0.29) is 36.8 Å². The zero-order valence-electron chi connectivity index (χ0n) is 50.4. The Morgan fingerprint density at radius 3 is 1.53 bits per heavy atom. The number of rotatable bonds is 30. The number of aliphatic hydroxyl groups excluding tert-OH is 17. The molecule has 6 fully saturated rings. The molecule has 6 heterocycles. The summed E-state index contributed by atoms with van der Waals surface area (Å²) in [6, 6.07) is 3.21. The minimum Gasteiger partial charge on any atom is -0.427 e. The lowest BCUT2D eigenvalue weighted by Gasteiger charge is -2.51. The summed E-state index contributed by atoms with van der Waals surface area (Å²) < 4.78 is 74.7. The van der Waals surface area contributed by atoms with E-state index in [1.54, 1.807) is 0 Å². The number of amides is 2. The van der Waals surface area contributed by atoms with Crippen LogP contribution in [-0.4, -0.2) is 340 Å². The van der Waals surface area contributed by atoms with Gasteiger partial charge in [0, 0.05) is 45.0 Å². The van der Waals surface area contributed by atoms with Crippen molar-refractivity contribution >= 4 is 23.5 Å². The Morgan fingerprint density at radius 1 is 0.473 bits per heavy atom. The highest BCUT2D eigenvalue weighted by molar-refractivity contribution is 5.76. The summed E-state index contributed by atoms with van der Waals surface area (Å²) in [5.41, 5.74) is -0.154. The van der Waals surface area contributed by atoms with Crippen LogP contribution in [0.15, 0.2) is 24.3 Å². The molecule has 2 amide bonds. The van der Waals surface area contributed by atoms with Crippen molar-refractivity contribution in [2.45, 2.75) is 243 Å². The molecule has 0 bridgehead atoms. The van der Waals surface area contributed by atoms with E-state index >= 15 is 0 Å². The van der Waals surface area contributed by atoms with Crippen LogP contribution < -0.4 is 15.4 Å². The van der Waals surface area contributed by atoms with E-state index < -0.39 is 234 Å². The molecule has 18 unspecified atom stereocenters. The predicted octanol–water partition coefficient (Wildman–Crippen LogP) is -9.54. The molecule has 0 aliphatic carbocycles. The number of esters is 1. The van der Waals surface area contributed by atoms with Gasteiger partial charge in [0.1, 0.15) is 146 Å². The highest BCUT2D eigenvalue weighted by Crippen LogP contribution is 2.38. The number of carbonyl (C=O) groups is 3. The molecule has 38 heteroatoms. The highest BCUT2D eigenvalue weighted by atomic mass is 16.8. The molecular formula is C55H87N3O35. The van der Waals surface area contributed by atoms with Gasteiger partial charge in [-0.3, -0.25) is 24.5 Å². The molecule has 0 spiro atoms. The summed E-state index contributed by atoms with van der Waals surface area (Å²) in [7, 11) is 0. The molecule has 30 atom stereocenters. The van der Waals surface area contributed by atoms with Crippen molar-refractivity contribution in [2.24, 2.45) is 0 Å². The van der Waals surface area contributed by atoms with Crippen LogP contribution in [0.5, 0.6) is 5.75 Å². The molecule has 532 valence electrons. The van der Waals surface area contributed by atoms with E-state index in [2.05, 4.69) is 10.6 Å². The third kappa shape index (κ3) is 19.0. The molecule has 19 N–H and O–H groups in total. The van der Waals surface area contributed by atoms with Gasteiger partial charge < -0.3 is 159 Å². The van der Waals surface area contributed by atoms with Gasteiger partial charge in [-0.15, -0.1) is 0 Å². The van der Waals surface area contributed by atoms with Crippen LogP contribution in [0.25, 0.3) is 0 Å². The summed E-state index contributed by atoms with van der Waals surface area (Å²) >= 11 is 0. The standard InChI is InChI=1S/C55H87N3O35/c1-21-33(67)37(71)41(75)52(82-21)93-49-38(72)34(68)25(16-59)86-55(49)91-47-32(57-22(2)64)50(84-26(17-60)35(47)69)92-48-36(70)27(18-61)85-54(44(48)78)90-46-29(20-63)88-53(43(77)40(46)74)89-45-28(19-62)87-51(42(76)39(45)73)81-15-7-3-6-14-56-30(65)8-4-5-9-31(66)83-24-12-10-23(11-13-24)58(79)80/h10-13,21,25-29,32-55,59-63,67-78H,3-9,14-20H2,1-2H3,(H,56,65)(H,57,64)/t21?,25?,26?,27?,28?,29?,32?,33?,34-,35-,36-,37?,38?,39?,40?,41-,42?,43?,44?,45+,46-,47?,48?,49?,50-,51+,52-,53-,54+,55-/m0/s1. The minimum absolute atomic E-state index is 0.0234. The van der Waals surface area contributed by atoms with Gasteiger partial charge in [-0.05, 0) is 51.2 Å². The van der Waals surface area contributed by atoms with Crippen LogP contribution in [0.4, 0.5) is 5.69 Å². The molecule has 6 saturated heterocycles. The van der Waals surface area contributed by atoms with Crippen molar-refractivity contribution in [3.8, 4) is 5.75 Å². The third-order valence-corrected chi connectivity index (χ3v) is 16.5. The average Bonchev–Trinajstić information content (AvgIpc) is 0.785. The van der Waals surface area contributed by atoms with Gasteiger partial charge in [0.15, 0.2) is 37.7 Å². The first-order valence-electron chi connectivity index (χ1n) is 30.3. The van der Waals surface area contributed by atoms with Gasteiger partial charge in [0.2, 0.25) is 11.8 Å². The number of nitro benzene ring substituents is 1. The Balaban J connectivity index is 0.921. The fraction of sp³-hybridized carbons (Fsp3) is 0.836. The SMILES string of the molecule is CC(=O)NC1C(O[C@@H]2OC(CO)[C@H](O)C(O)C2O[C@@H]2OC(C)C(O)C(O)[C@@H]2O)[C@@H](O)C(CO)O[C@H]1OC1C(O)[C@@H](O[C@H]2C(CO)O[C@@H](O[C@@H]3C(CO)O[C@@H](OCCCCCNC(=O)CCCCC(=O)Oc4ccc([N+](=O)[O-])cc4)C(O)C3O)C(O)C2O)OC(CO)[C@@H]1O.